The van der Waals surface area contributed by atoms with E-state index < -0.39 is 11.7 Å². The first-order chi connectivity index (χ1) is 9.47. The molecule has 5 heteroatoms. The SMILES string of the molecule is Cc1c(NCc2cc(O)cc(F)c2)cccc1C(N)=O. The highest BCUT2D eigenvalue weighted by molar-refractivity contribution is 5.95. The van der Waals surface area contributed by atoms with Gasteiger partial charge >= 0.3 is 0 Å². The van der Waals surface area contributed by atoms with E-state index in [0.717, 1.165) is 17.3 Å². The Kier molecular flexibility index (Phi) is 3.89. The van der Waals surface area contributed by atoms with E-state index >= 15 is 0 Å². The average molecular weight is 274 g/mol. The zero-order valence-corrected chi connectivity index (χ0v) is 11.0. The molecule has 0 saturated carbocycles. The Balaban J connectivity index is 2.19. The van der Waals surface area contributed by atoms with Crippen LogP contribution in [0.2, 0.25) is 0 Å². The van der Waals surface area contributed by atoms with E-state index in [1.165, 1.54) is 12.1 Å². The molecule has 0 saturated heterocycles. The monoisotopic (exact) mass is 274 g/mol. The first-order valence-electron chi connectivity index (χ1n) is 6.09. The van der Waals surface area contributed by atoms with Crippen molar-refractivity contribution in [2.75, 3.05) is 5.32 Å². The maximum absolute atomic E-state index is 13.2. The van der Waals surface area contributed by atoms with Gasteiger partial charge < -0.3 is 16.2 Å². The minimum atomic E-state index is -0.496. The van der Waals surface area contributed by atoms with E-state index in [0.29, 0.717) is 17.7 Å². The van der Waals surface area contributed by atoms with Gasteiger partial charge in [-0.05, 0) is 42.3 Å². The van der Waals surface area contributed by atoms with Crippen LogP contribution in [0, 0.1) is 12.7 Å². The number of amides is 1. The molecule has 0 atom stereocenters. The van der Waals surface area contributed by atoms with E-state index in [1.807, 2.05) is 0 Å². The molecule has 4 nitrogen and oxygen atoms in total. The van der Waals surface area contributed by atoms with E-state index in [1.54, 1.807) is 25.1 Å². The van der Waals surface area contributed by atoms with E-state index in [2.05, 4.69) is 5.32 Å². The number of nitrogens with two attached hydrogens (primary N) is 1. The van der Waals surface area contributed by atoms with Crippen LogP contribution in [0.4, 0.5) is 10.1 Å². The summed E-state index contributed by atoms with van der Waals surface area (Å²) in [6.45, 7) is 2.11. The number of hydrogen-bond acceptors (Lipinski definition) is 3. The summed E-state index contributed by atoms with van der Waals surface area (Å²) < 4.78 is 13.2. The quantitative estimate of drug-likeness (QED) is 0.802. The zero-order valence-electron chi connectivity index (χ0n) is 11.0. The van der Waals surface area contributed by atoms with Gasteiger partial charge in [0.25, 0.3) is 0 Å². The van der Waals surface area contributed by atoms with Crippen LogP contribution < -0.4 is 11.1 Å². The number of carbonyl (C=O) groups excluding carboxylic acids is 1. The number of carbonyl (C=O) groups is 1. The second kappa shape index (κ2) is 5.61. The molecule has 0 aliphatic carbocycles. The molecule has 0 unspecified atom stereocenters. The highest BCUT2D eigenvalue weighted by atomic mass is 19.1. The number of aromatic hydroxyl groups is 1. The summed E-state index contributed by atoms with van der Waals surface area (Å²) in [5, 5.41) is 12.4. The fourth-order valence-electron chi connectivity index (χ4n) is 2.03. The second-order valence-corrected chi connectivity index (χ2v) is 4.51. The van der Waals surface area contributed by atoms with E-state index in [9.17, 15) is 14.3 Å². The standard InChI is InChI=1S/C15H15FN2O2/c1-9-13(15(17)20)3-2-4-14(9)18-8-10-5-11(16)7-12(19)6-10/h2-7,18-19H,8H2,1H3,(H2,17,20). The van der Waals surface area contributed by atoms with Gasteiger partial charge in [0.05, 0.1) is 0 Å². The predicted molar refractivity (Wildman–Crippen MR) is 75.1 cm³/mol. The summed E-state index contributed by atoms with van der Waals surface area (Å²) in [5.41, 5.74) is 7.80. The van der Waals surface area contributed by atoms with Crippen LogP contribution >= 0.6 is 0 Å². The summed E-state index contributed by atoms with van der Waals surface area (Å²) in [4.78, 5) is 11.2. The molecule has 0 bridgehead atoms. The molecule has 0 radical (unpaired) electrons. The van der Waals surface area contributed by atoms with Crippen LogP contribution in [0.1, 0.15) is 21.5 Å². The van der Waals surface area contributed by atoms with Gasteiger partial charge in [-0.15, -0.1) is 0 Å². The lowest BCUT2D eigenvalue weighted by Crippen LogP contribution is -2.13. The number of nitrogens with one attached hydrogen (secondary N) is 1. The first kappa shape index (κ1) is 13.9. The van der Waals surface area contributed by atoms with Gasteiger partial charge in [-0.25, -0.2) is 4.39 Å². The molecule has 0 aliphatic rings. The third-order valence-corrected chi connectivity index (χ3v) is 3.02. The molecule has 20 heavy (non-hydrogen) atoms. The van der Waals surface area contributed by atoms with Crippen LogP contribution in [-0.4, -0.2) is 11.0 Å². The van der Waals surface area contributed by atoms with Crippen molar-refractivity contribution in [2.24, 2.45) is 5.73 Å². The molecule has 0 heterocycles. The summed E-state index contributed by atoms with van der Waals surface area (Å²) in [5.74, 6) is -1.11. The van der Waals surface area contributed by atoms with Gasteiger partial charge in [0.1, 0.15) is 11.6 Å². The first-order valence-corrected chi connectivity index (χ1v) is 6.09. The van der Waals surface area contributed by atoms with Crippen molar-refractivity contribution >= 4 is 11.6 Å². The van der Waals surface area contributed by atoms with Crippen molar-refractivity contribution in [3.63, 3.8) is 0 Å². The highest BCUT2D eigenvalue weighted by Gasteiger charge is 2.08. The van der Waals surface area contributed by atoms with Crippen LogP contribution in [0.15, 0.2) is 36.4 Å². The Morgan fingerprint density at radius 2 is 2.10 bits per heavy atom. The Labute approximate surface area is 116 Å². The van der Waals surface area contributed by atoms with Gasteiger partial charge in [0.15, 0.2) is 0 Å². The Morgan fingerprint density at radius 1 is 1.35 bits per heavy atom. The van der Waals surface area contributed by atoms with Crippen molar-refractivity contribution in [1.29, 1.82) is 0 Å². The number of anilines is 1. The molecule has 4 N–H and O–H groups in total. The molecular weight excluding hydrogens is 259 g/mol. The topological polar surface area (TPSA) is 75.3 Å². The highest BCUT2D eigenvalue weighted by Crippen LogP contribution is 2.21. The zero-order chi connectivity index (χ0) is 14.7. The third-order valence-electron chi connectivity index (χ3n) is 3.02. The lowest BCUT2D eigenvalue weighted by atomic mass is 10.1. The number of halogens is 1. The van der Waals surface area contributed by atoms with Crippen molar-refractivity contribution < 1.29 is 14.3 Å². The number of phenols is 1. The molecule has 2 rings (SSSR count). The summed E-state index contributed by atoms with van der Waals surface area (Å²) in [6.07, 6.45) is 0. The molecule has 0 aromatic heterocycles. The summed E-state index contributed by atoms with van der Waals surface area (Å²) in [7, 11) is 0. The Morgan fingerprint density at radius 3 is 2.75 bits per heavy atom. The molecule has 0 fully saturated rings. The van der Waals surface area contributed by atoms with Crippen molar-refractivity contribution in [3.05, 3.63) is 58.9 Å². The normalized spacial score (nSPS) is 10.3. The average Bonchev–Trinajstić information content (AvgIpc) is 2.36. The van der Waals surface area contributed by atoms with E-state index in [4.69, 9.17) is 5.73 Å². The number of primary amides is 1. The minimum absolute atomic E-state index is 0.121. The summed E-state index contributed by atoms with van der Waals surface area (Å²) in [6, 6.07) is 9.03. The van der Waals surface area contributed by atoms with Crippen molar-refractivity contribution in [2.45, 2.75) is 13.5 Å². The fourth-order valence-corrected chi connectivity index (χ4v) is 2.03. The number of rotatable bonds is 4. The van der Waals surface area contributed by atoms with Gasteiger partial charge in [-0.2, -0.15) is 0 Å². The lowest BCUT2D eigenvalue weighted by molar-refractivity contribution is 0.1000. The van der Waals surface area contributed by atoms with Crippen LogP contribution in [-0.2, 0) is 6.54 Å². The van der Waals surface area contributed by atoms with Crippen LogP contribution in [0.5, 0.6) is 5.75 Å². The third kappa shape index (κ3) is 3.06. The molecular formula is C15H15FN2O2. The van der Waals surface area contributed by atoms with Crippen molar-refractivity contribution in [3.8, 4) is 5.75 Å². The van der Waals surface area contributed by atoms with Gasteiger partial charge in [-0.1, -0.05) is 6.07 Å². The molecule has 0 aliphatic heterocycles. The number of benzene rings is 2. The molecule has 2 aromatic rings. The molecule has 1 amide bonds. The van der Waals surface area contributed by atoms with Gasteiger partial charge in [-0.3, -0.25) is 4.79 Å². The van der Waals surface area contributed by atoms with Gasteiger partial charge in [0, 0.05) is 23.9 Å². The Bertz CT molecular complexity index is 636. The van der Waals surface area contributed by atoms with E-state index in [-0.39, 0.29) is 5.75 Å². The molecule has 104 valence electrons. The number of hydrogen-bond donors (Lipinski definition) is 3. The minimum Gasteiger partial charge on any atom is -0.508 e. The Hall–Kier alpha value is -2.56. The maximum Gasteiger partial charge on any atom is 0.249 e. The van der Waals surface area contributed by atoms with Crippen LogP contribution in [0.3, 0.4) is 0 Å². The van der Waals surface area contributed by atoms with Crippen LogP contribution in [0.25, 0.3) is 0 Å². The smallest absolute Gasteiger partial charge is 0.249 e. The molecule has 0 spiro atoms. The van der Waals surface area contributed by atoms with Gasteiger partial charge in [0.2, 0.25) is 5.91 Å². The number of phenolic OH excluding ortho intramolecular Hbond substituents is 1. The fraction of sp³-hybridized carbons (Fsp3) is 0.133. The lowest BCUT2D eigenvalue weighted by Gasteiger charge is -2.12. The largest absolute Gasteiger partial charge is 0.508 e. The second-order valence-electron chi connectivity index (χ2n) is 4.51. The van der Waals surface area contributed by atoms with Crippen molar-refractivity contribution in [1.82, 2.24) is 0 Å². The predicted octanol–water partition coefficient (Wildman–Crippen LogP) is 2.55. The maximum atomic E-state index is 13.2. The summed E-state index contributed by atoms with van der Waals surface area (Å²) >= 11 is 0. The molecule has 2 aromatic carbocycles.